The second-order valence-corrected chi connectivity index (χ2v) is 9.25. The summed E-state index contributed by atoms with van der Waals surface area (Å²) in [6.45, 7) is 5.54. The maximum Gasteiger partial charge on any atom is 0.235 e. The maximum absolute atomic E-state index is 12.3. The molecule has 4 rings (SSSR count). The lowest BCUT2D eigenvalue weighted by Gasteiger charge is -2.36. The van der Waals surface area contributed by atoms with Gasteiger partial charge in [0.2, 0.25) is 5.91 Å². The second kappa shape index (κ2) is 11.0. The third kappa shape index (κ3) is 5.29. The lowest BCUT2D eigenvalue weighted by Crippen LogP contribution is -2.46. The molecule has 35 heavy (non-hydrogen) atoms. The molecule has 3 aromatic rings. The van der Waals surface area contributed by atoms with Crippen LogP contribution in [0.25, 0.3) is 0 Å². The molecule has 1 saturated heterocycles. The molecule has 0 aliphatic carbocycles. The van der Waals surface area contributed by atoms with Crippen LogP contribution in [0.3, 0.4) is 0 Å². The van der Waals surface area contributed by atoms with E-state index in [1.54, 1.807) is 12.5 Å². The van der Waals surface area contributed by atoms with Crippen molar-refractivity contribution in [3.8, 4) is 12.1 Å². The molecule has 1 aliphatic heterocycles. The average molecular weight is 488 g/mol. The number of hydrogen-bond donors (Lipinski definition) is 1. The molecule has 1 amide bonds. The predicted octanol–water partition coefficient (Wildman–Crippen LogP) is 3.02. The van der Waals surface area contributed by atoms with Crippen LogP contribution in [0.1, 0.15) is 40.0 Å². The van der Waals surface area contributed by atoms with E-state index in [9.17, 15) is 15.3 Å². The Balaban J connectivity index is 1.66. The van der Waals surface area contributed by atoms with E-state index in [1.807, 2.05) is 37.3 Å². The number of aromatic nitrogens is 2. The van der Waals surface area contributed by atoms with Crippen molar-refractivity contribution >= 4 is 23.5 Å². The summed E-state index contributed by atoms with van der Waals surface area (Å²) < 4.78 is 4.92. The van der Waals surface area contributed by atoms with Crippen LogP contribution in [0.2, 0.25) is 0 Å². The van der Waals surface area contributed by atoms with E-state index >= 15 is 0 Å². The quantitative estimate of drug-likeness (QED) is 0.475. The molecule has 9 nitrogen and oxygen atoms in total. The maximum atomic E-state index is 12.3. The summed E-state index contributed by atoms with van der Waals surface area (Å²) >= 11 is 1.16. The number of primary amides is 1. The molecule has 0 saturated carbocycles. The van der Waals surface area contributed by atoms with Gasteiger partial charge in [-0.1, -0.05) is 54.2 Å². The van der Waals surface area contributed by atoms with Gasteiger partial charge in [0.15, 0.2) is 0 Å². The van der Waals surface area contributed by atoms with E-state index < -0.39 is 11.2 Å². The summed E-state index contributed by atoms with van der Waals surface area (Å²) in [7, 11) is 0. The Bertz CT molecular complexity index is 1260. The van der Waals surface area contributed by atoms with Crippen molar-refractivity contribution in [2.24, 2.45) is 5.73 Å². The summed E-state index contributed by atoms with van der Waals surface area (Å²) in [6.07, 6.45) is 3.84. The fourth-order valence-corrected chi connectivity index (χ4v) is 5.27. The number of rotatable bonds is 8. The fraction of sp³-hybridized carbons (Fsp3) is 0.320. The number of nitrogens with two attached hydrogens (primary N) is 1. The van der Waals surface area contributed by atoms with Crippen LogP contribution in [0.15, 0.2) is 52.3 Å². The zero-order chi connectivity index (χ0) is 24.8. The van der Waals surface area contributed by atoms with Crippen LogP contribution in [-0.2, 0) is 17.8 Å². The van der Waals surface area contributed by atoms with Crippen LogP contribution in [0.4, 0.5) is 5.82 Å². The Hall–Kier alpha value is -3.86. The molecule has 1 aromatic carbocycles. The molecule has 1 unspecified atom stereocenters. The molecule has 0 bridgehead atoms. The van der Waals surface area contributed by atoms with Crippen LogP contribution < -0.4 is 10.6 Å². The first kappa shape index (κ1) is 24.3. The van der Waals surface area contributed by atoms with Crippen LogP contribution in [0.5, 0.6) is 0 Å². The van der Waals surface area contributed by atoms with E-state index in [1.165, 1.54) is 0 Å². The van der Waals surface area contributed by atoms with Crippen LogP contribution in [-0.4, -0.2) is 47.1 Å². The average Bonchev–Trinajstić information content (AvgIpc) is 3.40. The van der Waals surface area contributed by atoms with Gasteiger partial charge >= 0.3 is 0 Å². The Morgan fingerprint density at radius 2 is 1.89 bits per heavy atom. The molecule has 10 heteroatoms. The van der Waals surface area contributed by atoms with Gasteiger partial charge in [-0.15, -0.1) is 0 Å². The van der Waals surface area contributed by atoms with Gasteiger partial charge in [-0.05, 0) is 17.5 Å². The molecule has 0 radical (unpaired) electrons. The number of carbonyl (C=O) groups excluding carboxylic acids is 1. The van der Waals surface area contributed by atoms with Crippen molar-refractivity contribution in [3.05, 3.63) is 70.6 Å². The van der Waals surface area contributed by atoms with E-state index in [0.717, 1.165) is 42.5 Å². The smallest absolute Gasteiger partial charge is 0.235 e. The second-order valence-electron chi connectivity index (χ2n) is 8.15. The van der Waals surface area contributed by atoms with Crippen molar-refractivity contribution in [1.29, 1.82) is 10.5 Å². The molecular weight excluding hydrogens is 462 g/mol. The lowest BCUT2D eigenvalue weighted by atomic mass is 10.0. The SMILES string of the molecule is CCc1c(C#N)c(SC(C(N)=O)c2ccccc2)nc(N2CCN(Cc3cnoc3)CC2)c1C#N. The van der Waals surface area contributed by atoms with Gasteiger partial charge in [-0.3, -0.25) is 9.69 Å². The fourth-order valence-electron chi connectivity index (χ4n) is 4.21. The number of anilines is 1. The van der Waals surface area contributed by atoms with Crippen molar-refractivity contribution in [2.45, 2.75) is 30.2 Å². The minimum atomic E-state index is -0.707. The van der Waals surface area contributed by atoms with E-state index in [-0.39, 0.29) is 0 Å². The number of thioether (sulfide) groups is 1. The van der Waals surface area contributed by atoms with E-state index in [4.69, 9.17) is 15.2 Å². The minimum Gasteiger partial charge on any atom is -0.368 e. The standard InChI is InChI=1S/C25H25N7O2S/c1-2-19-20(12-26)24(32-10-8-31(9-11-32)15-17-14-29-34-16-17)30-25(21(19)13-27)35-22(23(28)33)18-6-4-3-5-7-18/h3-7,14,16,22H,2,8-11,15H2,1H3,(H2,28,33). The molecule has 2 aromatic heterocycles. The number of nitrogens with zero attached hydrogens (tertiary/aromatic N) is 6. The first-order valence-corrected chi connectivity index (χ1v) is 12.2. The summed E-state index contributed by atoms with van der Waals surface area (Å²) in [6, 6.07) is 13.7. The first-order valence-electron chi connectivity index (χ1n) is 11.3. The van der Waals surface area contributed by atoms with Gasteiger partial charge in [0.05, 0.1) is 17.3 Å². The predicted molar refractivity (Wildman–Crippen MR) is 131 cm³/mol. The monoisotopic (exact) mass is 487 g/mol. The number of pyridine rings is 1. The normalized spacial score (nSPS) is 14.8. The summed E-state index contributed by atoms with van der Waals surface area (Å²) in [4.78, 5) is 21.5. The van der Waals surface area contributed by atoms with Gasteiger partial charge < -0.3 is 15.2 Å². The third-order valence-corrected chi connectivity index (χ3v) is 7.24. The largest absolute Gasteiger partial charge is 0.368 e. The molecule has 2 N–H and O–H groups in total. The zero-order valence-corrected chi connectivity index (χ0v) is 20.2. The molecule has 1 fully saturated rings. The van der Waals surface area contributed by atoms with Crippen LogP contribution >= 0.6 is 11.8 Å². The highest BCUT2D eigenvalue weighted by Gasteiger charge is 2.28. The number of carbonyl (C=O) groups is 1. The lowest BCUT2D eigenvalue weighted by molar-refractivity contribution is -0.117. The highest BCUT2D eigenvalue weighted by Crippen LogP contribution is 2.39. The van der Waals surface area contributed by atoms with Gasteiger partial charge in [0.25, 0.3) is 0 Å². The van der Waals surface area contributed by atoms with Crippen molar-refractivity contribution < 1.29 is 9.32 Å². The number of nitriles is 2. The van der Waals surface area contributed by atoms with Crippen molar-refractivity contribution in [3.63, 3.8) is 0 Å². The third-order valence-electron chi connectivity index (χ3n) is 5.98. The number of amides is 1. The molecule has 1 atom stereocenters. The molecule has 3 heterocycles. The first-order chi connectivity index (χ1) is 17.0. The number of piperazine rings is 1. The van der Waals surface area contributed by atoms with Crippen molar-refractivity contribution in [2.75, 3.05) is 31.1 Å². The van der Waals surface area contributed by atoms with Crippen LogP contribution in [0, 0.1) is 22.7 Å². The number of benzene rings is 1. The van der Waals surface area contributed by atoms with Gasteiger partial charge in [-0.25, -0.2) is 4.98 Å². The van der Waals surface area contributed by atoms with Crippen molar-refractivity contribution in [1.82, 2.24) is 15.0 Å². The Kier molecular flexibility index (Phi) is 7.66. The van der Waals surface area contributed by atoms with E-state index in [2.05, 4.69) is 27.1 Å². The highest BCUT2D eigenvalue weighted by atomic mass is 32.2. The summed E-state index contributed by atoms with van der Waals surface area (Å²) in [5.41, 5.74) is 8.87. The summed E-state index contributed by atoms with van der Waals surface area (Å²) in [5, 5.41) is 23.4. The van der Waals surface area contributed by atoms with Gasteiger partial charge in [0.1, 0.15) is 34.5 Å². The van der Waals surface area contributed by atoms with Gasteiger partial charge in [0, 0.05) is 38.3 Å². The Morgan fingerprint density at radius 1 is 1.17 bits per heavy atom. The summed E-state index contributed by atoms with van der Waals surface area (Å²) in [5.74, 6) is 0.0324. The molecule has 1 aliphatic rings. The minimum absolute atomic E-state index is 0.325. The molecule has 0 spiro atoms. The Morgan fingerprint density at radius 3 is 2.46 bits per heavy atom. The topological polar surface area (TPSA) is 136 Å². The number of hydrogen-bond acceptors (Lipinski definition) is 9. The molecule has 178 valence electrons. The molecular formula is C25H25N7O2S. The Labute approximate surface area is 208 Å². The van der Waals surface area contributed by atoms with Gasteiger partial charge in [-0.2, -0.15) is 10.5 Å². The zero-order valence-electron chi connectivity index (χ0n) is 19.3. The highest BCUT2D eigenvalue weighted by molar-refractivity contribution is 8.00. The van der Waals surface area contributed by atoms with E-state index in [0.29, 0.717) is 47.0 Å².